The molecule has 0 unspecified atom stereocenters. The number of rotatable bonds is 4. The van der Waals surface area contributed by atoms with Crippen LogP contribution in [-0.4, -0.2) is 72.3 Å². The fourth-order valence-electron chi connectivity index (χ4n) is 4.67. The molecule has 0 amide bonds. The van der Waals surface area contributed by atoms with Crippen LogP contribution in [0.5, 0.6) is 0 Å². The predicted molar refractivity (Wildman–Crippen MR) is 132 cm³/mol. The SMILES string of the molecule is CN1CCN(c2ccc([C@H]3CN(c4nc(-c5ccncc5F)cc(=O)n4C)CCN3)cc2)CC1. The van der Waals surface area contributed by atoms with Crippen molar-refractivity contribution in [2.24, 2.45) is 7.05 Å². The van der Waals surface area contributed by atoms with Crippen LogP contribution in [0, 0.1) is 5.82 Å². The van der Waals surface area contributed by atoms with Crippen LogP contribution in [0.3, 0.4) is 0 Å². The minimum atomic E-state index is -0.493. The number of nitrogens with one attached hydrogen (secondary N) is 1. The van der Waals surface area contributed by atoms with Crippen molar-refractivity contribution in [3.63, 3.8) is 0 Å². The summed E-state index contributed by atoms with van der Waals surface area (Å²) < 4.78 is 15.8. The van der Waals surface area contributed by atoms with E-state index in [1.54, 1.807) is 13.1 Å². The van der Waals surface area contributed by atoms with Crippen LogP contribution in [-0.2, 0) is 7.05 Å². The first-order chi connectivity index (χ1) is 16.5. The normalized spacial score (nSPS) is 19.4. The van der Waals surface area contributed by atoms with Crippen LogP contribution in [0.1, 0.15) is 11.6 Å². The van der Waals surface area contributed by atoms with Crippen molar-refractivity contribution in [1.82, 2.24) is 24.8 Å². The number of likely N-dealkylation sites (N-methyl/N-ethyl adjacent to an activating group) is 1. The average Bonchev–Trinajstić information content (AvgIpc) is 2.87. The number of hydrogen-bond donors (Lipinski definition) is 1. The molecule has 0 saturated carbocycles. The second-order valence-corrected chi connectivity index (χ2v) is 9.03. The molecule has 0 aliphatic carbocycles. The van der Waals surface area contributed by atoms with Crippen LogP contribution < -0.4 is 20.7 Å². The highest BCUT2D eigenvalue weighted by Gasteiger charge is 2.25. The Morgan fingerprint density at radius 1 is 1.00 bits per heavy atom. The molecule has 1 atom stereocenters. The molecule has 0 bridgehead atoms. The molecular formula is C25H30FN7O. The first kappa shape index (κ1) is 22.5. The van der Waals surface area contributed by atoms with Gasteiger partial charge in [-0.15, -0.1) is 0 Å². The molecule has 9 heteroatoms. The predicted octanol–water partition coefficient (Wildman–Crippen LogP) is 1.88. The smallest absolute Gasteiger partial charge is 0.255 e. The number of anilines is 2. The second-order valence-electron chi connectivity index (χ2n) is 9.03. The molecule has 0 radical (unpaired) electrons. The average molecular weight is 464 g/mol. The fourth-order valence-corrected chi connectivity index (χ4v) is 4.67. The third kappa shape index (κ3) is 4.53. The summed E-state index contributed by atoms with van der Waals surface area (Å²) >= 11 is 0. The van der Waals surface area contributed by atoms with E-state index in [4.69, 9.17) is 0 Å². The van der Waals surface area contributed by atoms with Gasteiger partial charge in [-0.25, -0.2) is 9.37 Å². The minimum Gasteiger partial charge on any atom is -0.369 e. The lowest BCUT2D eigenvalue weighted by molar-refractivity contribution is 0.313. The summed E-state index contributed by atoms with van der Waals surface area (Å²) in [6.07, 6.45) is 2.64. The zero-order valence-corrected chi connectivity index (χ0v) is 19.6. The number of pyridine rings is 1. The van der Waals surface area contributed by atoms with E-state index in [2.05, 4.69) is 61.3 Å². The van der Waals surface area contributed by atoms with Crippen molar-refractivity contribution in [1.29, 1.82) is 0 Å². The number of benzene rings is 1. The maximum absolute atomic E-state index is 14.3. The van der Waals surface area contributed by atoms with E-state index in [-0.39, 0.29) is 17.2 Å². The van der Waals surface area contributed by atoms with Crippen molar-refractivity contribution in [2.45, 2.75) is 6.04 Å². The topological polar surface area (TPSA) is 69.5 Å². The molecule has 8 nitrogen and oxygen atoms in total. The maximum atomic E-state index is 14.3. The molecular weight excluding hydrogens is 433 g/mol. The number of nitrogens with zero attached hydrogens (tertiary/aromatic N) is 6. The van der Waals surface area contributed by atoms with Gasteiger partial charge in [0.15, 0.2) is 5.82 Å². The monoisotopic (exact) mass is 463 g/mol. The lowest BCUT2D eigenvalue weighted by Crippen LogP contribution is -2.47. The van der Waals surface area contributed by atoms with Crippen LogP contribution in [0.4, 0.5) is 16.0 Å². The largest absolute Gasteiger partial charge is 0.369 e. The van der Waals surface area contributed by atoms with Crippen LogP contribution in [0.2, 0.25) is 0 Å². The van der Waals surface area contributed by atoms with Crippen molar-refractivity contribution < 1.29 is 4.39 Å². The molecule has 2 fully saturated rings. The molecule has 178 valence electrons. The molecule has 2 saturated heterocycles. The van der Waals surface area contributed by atoms with Gasteiger partial charge in [0.2, 0.25) is 5.95 Å². The highest BCUT2D eigenvalue weighted by molar-refractivity contribution is 5.60. The zero-order valence-electron chi connectivity index (χ0n) is 19.6. The third-order valence-electron chi connectivity index (χ3n) is 6.78. The van der Waals surface area contributed by atoms with Gasteiger partial charge in [-0.05, 0) is 30.8 Å². The highest BCUT2D eigenvalue weighted by atomic mass is 19.1. The molecule has 1 aromatic carbocycles. The Balaban J connectivity index is 1.36. The molecule has 4 heterocycles. The van der Waals surface area contributed by atoms with Crippen molar-refractivity contribution in [3.05, 3.63) is 70.5 Å². The Hall–Kier alpha value is -3.30. The molecule has 2 aliphatic rings. The molecule has 0 spiro atoms. The van der Waals surface area contributed by atoms with Gasteiger partial charge in [-0.1, -0.05) is 12.1 Å². The van der Waals surface area contributed by atoms with Gasteiger partial charge in [0.1, 0.15) is 0 Å². The van der Waals surface area contributed by atoms with Crippen LogP contribution >= 0.6 is 0 Å². The van der Waals surface area contributed by atoms with Gasteiger partial charge < -0.3 is 20.0 Å². The quantitative estimate of drug-likeness (QED) is 0.634. The number of aromatic nitrogens is 3. The maximum Gasteiger partial charge on any atom is 0.255 e. The molecule has 2 aromatic heterocycles. The Labute approximate surface area is 198 Å². The molecule has 34 heavy (non-hydrogen) atoms. The summed E-state index contributed by atoms with van der Waals surface area (Å²) in [6, 6.07) is 11.8. The summed E-state index contributed by atoms with van der Waals surface area (Å²) in [4.78, 5) is 28.0. The Morgan fingerprint density at radius 3 is 2.50 bits per heavy atom. The lowest BCUT2D eigenvalue weighted by atomic mass is 10.0. The fraction of sp³-hybridized carbons (Fsp3) is 0.400. The van der Waals surface area contributed by atoms with E-state index in [0.29, 0.717) is 24.7 Å². The summed E-state index contributed by atoms with van der Waals surface area (Å²) in [5, 5.41) is 3.58. The van der Waals surface area contributed by atoms with E-state index in [9.17, 15) is 9.18 Å². The molecule has 5 rings (SSSR count). The highest BCUT2D eigenvalue weighted by Crippen LogP contribution is 2.26. The number of piperazine rings is 2. The van der Waals surface area contributed by atoms with Gasteiger partial charge in [-0.2, -0.15) is 0 Å². The van der Waals surface area contributed by atoms with Gasteiger partial charge in [0, 0.05) is 82.4 Å². The van der Waals surface area contributed by atoms with Gasteiger partial charge >= 0.3 is 0 Å². The minimum absolute atomic E-state index is 0.105. The van der Waals surface area contributed by atoms with Gasteiger partial charge in [0.05, 0.1) is 11.9 Å². The summed E-state index contributed by atoms with van der Waals surface area (Å²) in [6.45, 7) is 6.37. The Morgan fingerprint density at radius 2 is 1.76 bits per heavy atom. The van der Waals surface area contributed by atoms with E-state index >= 15 is 0 Å². The van der Waals surface area contributed by atoms with E-state index in [0.717, 1.165) is 38.9 Å². The van der Waals surface area contributed by atoms with E-state index < -0.39 is 5.82 Å². The second kappa shape index (κ2) is 9.52. The zero-order chi connectivity index (χ0) is 23.7. The first-order valence-electron chi connectivity index (χ1n) is 11.7. The number of halogens is 1. The van der Waals surface area contributed by atoms with Gasteiger partial charge in [-0.3, -0.25) is 14.3 Å². The lowest BCUT2D eigenvalue weighted by Gasteiger charge is -2.36. The molecule has 1 N–H and O–H groups in total. The third-order valence-corrected chi connectivity index (χ3v) is 6.78. The number of hydrogen-bond acceptors (Lipinski definition) is 7. The van der Waals surface area contributed by atoms with Crippen LogP contribution in [0.15, 0.2) is 53.6 Å². The Bertz CT molecular complexity index is 1200. The standard InChI is InChI=1S/C25H30FN7O/c1-30-11-13-32(14-12-30)19-5-3-18(4-6-19)23-17-33(10-9-28-23)25-29-22(15-24(34)31(25)2)20-7-8-27-16-21(20)26/h3-8,15-16,23,28H,9-14,17H2,1-2H3/t23-/m1/s1. The summed E-state index contributed by atoms with van der Waals surface area (Å²) in [5.41, 5.74) is 2.83. The van der Waals surface area contributed by atoms with E-state index in [1.165, 1.54) is 28.1 Å². The van der Waals surface area contributed by atoms with Crippen molar-refractivity contribution >= 4 is 11.6 Å². The van der Waals surface area contributed by atoms with Crippen LogP contribution in [0.25, 0.3) is 11.3 Å². The van der Waals surface area contributed by atoms with Crippen molar-refractivity contribution in [2.75, 3.05) is 62.7 Å². The van der Waals surface area contributed by atoms with E-state index in [1.807, 2.05) is 0 Å². The molecule has 2 aliphatic heterocycles. The summed E-state index contributed by atoms with van der Waals surface area (Å²) in [7, 11) is 3.87. The Kier molecular flexibility index (Phi) is 6.30. The van der Waals surface area contributed by atoms with Crippen molar-refractivity contribution in [3.8, 4) is 11.3 Å². The van der Waals surface area contributed by atoms with Gasteiger partial charge in [0.25, 0.3) is 5.56 Å². The molecule has 3 aromatic rings. The first-order valence-corrected chi connectivity index (χ1v) is 11.7. The summed E-state index contributed by atoms with van der Waals surface area (Å²) in [5.74, 6) is 0.0482.